The minimum Gasteiger partial charge on any atom is -0.371 e. The molecule has 0 aromatic heterocycles. The second kappa shape index (κ2) is 6.21. The van der Waals surface area contributed by atoms with Crippen molar-refractivity contribution in [2.45, 2.75) is 39.5 Å². The zero-order chi connectivity index (χ0) is 14.6. The molecule has 0 aliphatic carbocycles. The highest BCUT2D eigenvalue weighted by Gasteiger charge is 2.10. The van der Waals surface area contributed by atoms with Crippen LogP contribution in [0.1, 0.15) is 31.9 Å². The Morgan fingerprint density at radius 3 is 2.20 bits per heavy atom. The van der Waals surface area contributed by atoms with E-state index in [-0.39, 0.29) is 5.60 Å². The Hall–Kier alpha value is -1.64. The second-order valence-corrected chi connectivity index (χ2v) is 5.96. The molecular formula is C18H23NO. The summed E-state index contributed by atoms with van der Waals surface area (Å²) in [7, 11) is 0. The summed E-state index contributed by atoms with van der Waals surface area (Å²) >= 11 is 0. The van der Waals surface area contributed by atoms with Crippen LogP contribution >= 0.6 is 0 Å². The molecule has 2 heteroatoms. The molecule has 20 heavy (non-hydrogen) atoms. The van der Waals surface area contributed by atoms with Crippen LogP contribution in [-0.2, 0) is 17.9 Å². The van der Waals surface area contributed by atoms with Crippen LogP contribution in [0, 0.1) is 0 Å². The van der Waals surface area contributed by atoms with E-state index in [1.165, 1.54) is 22.3 Å². The van der Waals surface area contributed by atoms with Gasteiger partial charge in [0.2, 0.25) is 0 Å². The Kier molecular flexibility index (Phi) is 4.58. The third-order valence-corrected chi connectivity index (χ3v) is 3.17. The Balaban J connectivity index is 2.16. The van der Waals surface area contributed by atoms with Crippen molar-refractivity contribution in [1.29, 1.82) is 0 Å². The van der Waals surface area contributed by atoms with E-state index in [1.807, 2.05) is 12.1 Å². The maximum absolute atomic E-state index is 5.79. The fourth-order valence-corrected chi connectivity index (χ4v) is 2.06. The first-order valence-electron chi connectivity index (χ1n) is 7.01. The Labute approximate surface area is 121 Å². The molecule has 0 aliphatic heterocycles. The molecule has 2 aromatic rings. The first-order valence-corrected chi connectivity index (χ1v) is 7.01. The molecule has 0 saturated carbocycles. The zero-order valence-corrected chi connectivity index (χ0v) is 12.5. The average molecular weight is 269 g/mol. The lowest BCUT2D eigenvalue weighted by molar-refractivity contribution is -0.0149. The number of ether oxygens (including phenoxy) is 1. The molecule has 0 fully saturated rings. The Morgan fingerprint density at radius 2 is 1.60 bits per heavy atom. The lowest BCUT2D eigenvalue weighted by atomic mass is 9.99. The molecule has 2 nitrogen and oxygen atoms in total. The molecule has 2 rings (SSSR count). The van der Waals surface area contributed by atoms with E-state index in [1.54, 1.807) is 0 Å². The number of hydrogen-bond donors (Lipinski definition) is 1. The largest absolute Gasteiger partial charge is 0.371 e. The van der Waals surface area contributed by atoms with E-state index >= 15 is 0 Å². The van der Waals surface area contributed by atoms with Crippen molar-refractivity contribution in [3.8, 4) is 11.1 Å². The van der Waals surface area contributed by atoms with Gasteiger partial charge in [-0.05, 0) is 43.0 Å². The van der Waals surface area contributed by atoms with Gasteiger partial charge in [0, 0.05) is 6.54 Å². The molecular weight excluding hydrogens is 246 g/mol. The van der Waals surface area contributed by atoms with Gasteiger partial charge in [-0.15, -0.1) is 0 Å². The van der Waals surface area contributed by atoms with Crippen LogP contribution in [0.5, 0.6) is 0 Å². The van der Waals surface area contributed by atoms with Crippen LogP contribution < -0.4 is 5.73 Å². The lowest BCUT2D eigenvalue weighted by Gasteiger charge is -2.19. The van der Waals surface area contributed by atoms with Crippen LogP contribution in [0.25, 0.3) is 11.1 Å². The molecule has 0 aliphatic rings. The van der Waals surface area contributed by atoms with E-state index in [9.17, 15) is 0 Å². The fourth-order valence-electron chi connectivity index (χ4n) is 2.06. The standard InChI is InChI=1S/C18H23NO/c1-18(2,3)20-13-14-8-10-15(11-9-14)17-7-5-4-6-16(17)12-19/h4-11H,12-13,19H2,1-3H3. The van der Waals surface area contributed by atoms with E-state index < -0.39 is 0 Å². The summed E-state index contributed by atoms with van der Waals surface area (Å²) in [5.74, 6) is 0. The minimum absolute atomic E-state index is 0.106. The van der Waals surface area contributed by atoms with Crippen LogP contribution in [-0.4, -0.2) is 5.60 Å². The highest BCUT2D eigenvalue weighted by Crippen LogP contribution is 2.24. The van der Waals surface area contributed by atoms with Crippen molar-refractivity contribution < 1.29 is 4.74 Å². The third kappa shape index (κ3) is 3.92. The number of benzene rings is 2. The predicted octanol–water partition coefficient (Wildman–Crippen LogP) is 4.13. The lowest BCUT2D eigenvalue weighted by Crippen LogP contribution is -2.18. The van der Waals surface area contributed by atoms with Crippen LogP contribution in [0.4, 0.5) is 0 Å². The van der Waals surface area contributed by atoms with Gasteiger partial charge < -0.3 is 10.5 Å². The summed E-state index contributed by atoms with van der Waals surface area (Å²) < 4.78 is 5.79. The SMILES string of the molecule is CC(C)(C)OCc1ccc(-c2ccccc2CN)cc1. The van der Waals surface area contributed by atoms with Crippen LogP contribution in [0.15, 0.2) is 48.5 Å². The van der Waals surface area contributed by atoms with Crippen molar-refractivity contribution in [1.82, 2.24) is 0 Å². The highest BCUT2D eigenvalue weighted by atomic mass is 16.5. The molecule has 0 atom stereocenters. The Morgan fingerprint density at radius 1 is 0.950 bits per heavy atom. The molecule has 2 aromatic carbocycles. The van der Waals surface area contributed by atoms with Crippen LogP contribution in [0.3, 0.4) is 0 Å². The van der Waals surface area contributed by atoms with E-state index in [0.29, 0.717) is 13.2 Å². The van der Waals surface area contributed by atoms with Crippen LogP contribution in [0.2, 0.25) is 0 Å². The van der Waals surface area contributed by atoms with Gasteiger partial charge in [-0.3, -0.25) is 0 Å². The van der Waals surface area contributed by atoms with Gasteiger partial charge in [0.1, 0.15) is 0 Å². The molecule has 0 spiro atoms. The third-order valence-electron chi connectivity index (χ3n) is 3.17. The maximum Gasteiger partial charge on any atom is 0.0724 e. The molecule has 106 valence electrons. The van der Waals surface area contributed by atoms with E-state index in [4.69, 9.17) is 10.5 Å². The van der Waals surface area contributed by atoms with Crippen molar-refractivity contribution in [3.05, 3.63) is 59.7 Å². The van der Waals surface area contributed by atoms with Crippen molar-refractivity contribution >= 4 is 0 Å². The fraction of sp³-hybridized carbons (Fsp3) is 0.333. The number of rotatable bonds is 4. The average Bonchev–Trinajstić information content (AvgIpc) is 2.45. The Bertz CT molecular complexity index is 552. The van der Waals surface area contributed by atoms with E-state index in [2.05, 4.69) is 57.2 Å². The van der Waals surface area contributed by atoms with Crippen molar-refractivity contribution in [3.63, 3.8) is 0 Å². The van der Waals surface area contributed by atoms with E-state index in [0.717, 1.165) is 0 Å². The second-order valence-electron chi connectivity index (χ2n) is 5.96. The van der Waals surface area contributed by atoms with Gasteiger partial charge >= 0.3 is 0 Å². The maximum atomic E-state index is 5.79. The normalized spacial score (nSPS) is 11.6. The molecule has 0 heterocycles. The molecule has 0 radical (unpaired) electrons. The number of hydrogen-bond acceptors (Lipinski definition) is 2. The predicted molar refractivity (Wildman–Crippen MR) is 84.3 cm³/mol. The first-order chi connectivity index (χ1) is 9.49. The summed E-state index contributed by atoms with van der Waals surface area (Å²) in [5, 5.41) is 0. The molecule has 0 saturated heterocycles. The van der Waals surface area contributed by atoms with Gasteiger partial charge in [0.05, 0.1) is 12.2 Å². The summed E-state index contributed by atoms with van der Waals surface area (Å²) in [6.07, 6.45) is 0. The summed E-state index contributed by atoms with van der Waals surface area (Å²) in [5.41, 5.74) is 10.5. The molecule has 0 amide bonds. The zero-order valence-electron chi connectivity index (χ0n) is 12.5. The summed E-state index contributed by atoms with van der Waals surface area (Å²) in [6.45, 7) is 7.41. The summed E-state index contributed by atoms with van der Waals surface area (Å²) in [6, 6.07) is 16.8. The van der Waals surface area contributed by atoms with Gasteiger partial charge in [-0.1, -0.05) is 48.5 Å². The van der Waals surface area contributed by atoms with Crippen molar-refractivity contribution in [2.24, 2.45) is 5.73 Å². The number of nitrogens with two attached hydrogens (primary N) is 1. The van der Waals surface area contributed by atoms with Gasteiger partial charge in [-0.25, -0.2) is 0 Å². The minimum atomic E-state index is -0.106. The molecule has 0 bridgehead atoms. The van der Waals surface area contributed by atoms with Gasteiger partial charge in [0.15, 0.2) is 0 Å². The summed E-state index contributed by atoms with van der Waals surface area (Å²) in [4.78, 5) is 0. The first kappa shape index (κ1) is 14.8. The topological polar surface area (TPSA) is 35.2 Å². The molecule has 2 N–H and O–H groups in total. The van der Waals surface area contributed by atoms with Crippen molar-refractivity contribution in [2.75, 3.05) is 0 Å². The van der Waals surface area contributed by atoms with Gasteiger partial charge in [-0.2, -0.15) is 0 Å². The quantitative estimate of drug-likeness (QED) is 0.906. The monoisotopic (exact) mass is 269 g/mol. The smallest absolute Gasteiger partial charge is 0.0724 e. The van der Waals surface area contributed by atoms with Gasteiger partial charge in [0.25, 0.3) is 0 Å². The molecule has 0 unspecified atom stereocenters. The highest BCUT2D eigenvalue weighted by molar-refractivity contribution is 5.67.